The van der Waals surface area contributed by atoms with Crippen LogP contribution in [0.2, 0.25) is 0 Å². The SMILES string of the molecule is COC(=O)c1c(C)cc(C2=CCN(C(=O)OC(C)(C)C)CC2)nc1C. The number of aryl methyl sites for hydroxylation is 2. The Morgan fingerprint density at radius 3 is 2.40 bits per heavy atom. The van der Waals surface area contributed by atoms with Crippen molar-refractivity contribution in [2.45, 2.75) is 46.6 Å². The second-order valence-electron chi connectivity index (χ2n) is 7.18. The van der Waals surface area contributed by atoms with Crippen LogP contribution >= 0.6 is 0 Å². The minimum absolute atomic E-state index is 0.302. The standard InChI is InChI=1S/C19H26N2O4/c1-12-11-15(20-13(2)16(12)17(22)24-6)14-7-9-21(10-8-14)18(23)25-19(3,4)5/h7,11H,8-10H2,1-6H3. The fourth-order valence-corrected chi connectivity index (χ4v) is 2.80. The molecule has 0 saturated carbocycles. The van der Waals surface area contributed by atoms with Crippen LogP contribution in [0.25, 0.3) is 5.57 Å². The monoisotopic (exact) mass is 346 g/mol. The highest BCUT2D eigenvalue weighted by atomic mass is 16.6. The van der Waals surface area contributed by atoms with Gasteiger partial charge in [-0.25, -0.2) is 9.59 Å². The van der Waals surface area contributed by atoms with E-state index in [2.05, 4.69) is 4.98 Å². The van der Waals surface area contributed by atoms with Crippen molar-refractivity contribution in [3.63, 3.8) is 0 Å². The molecule has 1 aromatic rings. The highest BCUT2D eigenvalue weighted by Gasteiger charge is 2.24. The predicted molar refractivity (Wildman–Crippen MR) is 95.5 cm³/mol. The lowest BCUT2D eigenvalue weighted by molar-refractivity contribution is 0.0270. The van der Waals surface area contributed by atoms with Crippen LogP contribution in [0, 0.1) is 13.8 Å². The van der Waals surface area contributed by atoms with E-state index in [0.717, 1.165) is 16.8 Å². The smallest absolute Gasteiger partial charge is 0.410 e. The maximum absolute atomic E-state index is 12.1. The minimum atomic E-state index is -0.499. The van der Waals surface area contributed by atoms with E-state index >= 15 is 0 Å². The molecule has 0 fully saturated rings. The van der Waals surface area contributed by atoms with Crippen LogP contribution in [0.3, 0.4) is 0 Å². The van der Waals surface area contributed by atoms with Gasteiger partial charge in [-0.1, -0.05) is 6.08 Å². The zero-order valence-corrected chi connectivity index (χ0v) is 15.8. The normalized spacial score (nSPS) is 14.8. The molecule has 6 heteroatoms. The van der Waals surface area contributed by atoms with Crippen molar-refractivity contribution in [3.05, 3.63) is 34.7 Å². The molecule has 0 spiro atoms. The second kappa shape index (κ2) is 7.25. The van der Waals surface area contributed by atoms with E-state index in [9.17, 15) is 9.59 Å². The Kier molecular flexibility index (Phi) is 5.50. The Balaban J connectivity index is 2.17. The van der Waals surface area contributed by atoms with Crippen LogP contribution in [-0.2, 0) is 9.47 Å². The average molecular weight is 346 g/mol. The first-order valence-corrected chi connectivity index (χ1v) is 8.36. The van der Waals surface area contributed by atoms with Crippen molar-refractivity contribution in [2.24, 2.45) is 0 Å². The van der Waals surface area contributed by atoms with E-state index in [-0.39, 0.29) is 12.1 Å². The first-order valence-electron chi connectivity index (χ1n) is 8.36. The van der Waals surface area contributed by atoms with E-state index in [1.165, 1.54) is 7.11 Å². The number of hydrogen-bond acceptors (Lipinski definition) is 5. The summed E-state index contributed by atoms with van der Waals surface area (Å²) < 4.78 is 10.2. The number of esters is 1. The zero-order valence-electron chi connectivity index (χ0n) is 15.8. The van der Waals surface area contributed by atoms with Gasteiger partial charge in [0.1, 0.15) is 5.60 Å². The largest absolute Gasteiger partial charge is 0.465 e. The third-order valence-corrected chi connectivity index (χ3v) is 3.98. The van der Waals surface area contributed by atoms with Crippen LogP contribution < -0.4 is 0 Å². The van der Waals surface area contributed by atoms with Crippen LogP contribution in [0.5, 0.6) is 0 Å². The Morgan fingerprint density at radius 2 is 1.92 bits per heavy atom. The van der Waals surface area contributed by atoms with Gasteiger partial charge in [0.05, 0.1) is 24.1 Å². The molecule has 2 heterocycles. The van der Waals surface area contributed by atoms with Gasteiger partial charge < -0.3 is 14.4 Å². The van der Waals surface area contributed by atoms with Gasteiger partial charge in [-0.15, -0.1) is 0 Å². The lowest BCUT2D eigenvalue weighted by Gasteiger charge is -2.29. The highest BCUT2D eigenvalue weighted by Crippen LogP contribution is 2.25. The molecule has 1 aromatic heterocycles. The van der Waals surface area contributed by atoms with E-state index in [0.29, 0.717) is 30.8 Å². The molecule has 0 radical (unpaired) electrons. The topological polar surface area (TPSA) is 68.7 Å². The van der Waals surface area contributed by atoms with Crippen molar-refractivity contribution < 1.29 is 19.1 Å². The molecule has 0 atom stereocenters. The Morgan fingerprint density at radius 1 is 1.24 bits per heavy atom. The summed E-state index contributed by atoms with van der Waals surface area (Å²) in [5.41, 5.74) is 3.41. The summed E-state index contributed by atoms with van der Waals surface area (Å²) in [5.74, 6) is -0.372. The summed E-state index contributed by atoms with van der Waals surface area (Å²) in [6.45, 7) is 10.3. The number of ether oxygens (including phenoxy) is 2. The van der Waals surface area contributed by atoms with Gasteiger partial charge in [0.15, 0.2) is 0 Å². The lowest BCUT2D eigenvalue weighted by Crippen LogP contribution is -2.39. The summed E-state index contributed by atoms with van der Waals surface area (Å²) in [4.78, 5) is 30.2. The van der Waals surface area contributed by atoms with Crippen LogP contribution in [0.1, 0.15) is 54.5 Å². The fourth-order valence-electron chi connectivity index (χ4n) is 2.80. The van der Waals surface area contributed by atoms with Gasteiger partial charge in [0, 0.05) is 13.1 Å². The molecular weight excluding hydrogens is 320 g/mol. The van der Waals surface area contributed by atoms with Crippen molar-refractivity contribution in [3.8, 4) is 0 Å². The molecule has 6 nitrogen and oxygen atoms in total. The third-order valence-electron chi connectivity index (χ3n) is 3.98. The molecule has 1 amide bonds. The van der Waals surface area contributed by atoms with E-state index in [1.54, 1.807) is 11.8 Å². The summed E-state index contributed by atoms with van der Waals surface area (Å²) in [6.07, 6.45) is 2.39. The zero-order chi connectivity index (χ0) is 18.8. The number of amides is 1. The molecule has 25 heavy (non-hydrogen) atoms. The summed E-state index contributed by atoms with van der Waals surface area (Å²) >= 11 is 0. The number of carbonyl (C=O) groups excluding carboxylic acids is 2. The Bertz CT molecular complexity index is 694. The Hall–Kier alpha value is -2.37. The third kappa shape index (κ3) is 4.59. The fraction of sp³-hybridized carbons (Fsp3) is 0.526. The van der Waals surface area contributed by atoms with Crippen LogP contribution in [0.15, 0.2) is 12.1 Å². The first kappa shape index (κ1) is 19.0. The number of pyridine rings is 1. The maximum atomic E-state index is 12.1. The quantitative estimate of drug-likeness (QED) is 0.767. The molecular formula is C19H26N2O4. The van der Waals surface area contributed by atoms with Crippen molar-refractivity contribution in [2.75, 3.05) is 20.2 Å². The molecule has 2 rings (SSSR count). The number of hydrogen-bond donors (Lipinski definition) is 0. The van der Waals surface area contributed by atoms with E-state index in [4.69, 9.17) is 9.47 Å². The Labute approximate surface area is 148 Å². The predicted octanol–water partition coefficient (Wildman–Crippen LogP) is 3.51. The first-order chi connectivity index (χ1) is 11.6. The highest BCUT2D eigenvalue weighted by molar-refractivity contribution is 5.92. The van der Waals surface area contributed by atoms with Crippen molar-refractivity contribution in [1.82, 2.24) is 9.88 Å². The van der Waals surface area contributed by atoms with Gasteiger partial charge in [-0.3, -0.25) is 4.98 Å². The van der Waals surface area contributed by atoms with Crippen molar-refractivity contribution >= 4 is 17.6 Å². The number of methoxy groups -OCH3 is 1. The maximum Gasteiger partial charge on any atom is 0.410 e. The lowest BCUT2D eigenvalue weighted by atomic mass is 10.00. The minimum Gasteiger partial charge on any atom is -0.465 e. The molecule has 0 bridgehead atoms. The van der Waals surface area contributed by atoms with Gasteiger partial charge in [-0.05, 0) is 58.2 Å². The summed E-state index contributed by atoms with van der Waals surface area (Å²) in [6, 6.07) is 1.90. The molecule has 136 valence electrons. The van der Waals surface area contributed by atoms with E-state index in [1.807, 2.05) is 39.8 Å². The number of rotatable bonds is 2. The molecule has 0 aliphatic carbocycles. The molecule has 1 aliphatic rings. The molecule has 0 aromatic carbocycles. The van der Waals surface area contributed by atoms with Crippen LogP contribution in [-0.4, -0.2) is 47.7 Å². The number of nitrogens with zero attached hydrogens (tertiary/aromatic N) is 2. The number of carbonyl (C=O) groups is 2. The summed E-state index contributed by atoms with van der Waals surface area (Å²) in [7, 11) is 1.37. The van der Waals surface area contributed by atoms with Crippen molar-refractivity contribution in [1.29, 1.82) is 0 Å². The van der Waals surface area contributed by atoms with Gasteiger partial charge >= 0.3 is 12.1 Å². The average Bonchev–Trinajstić information content (AvgIpc) is 2.52. The van der Waals surface area contributed by atoms with Crippen LogP contribution in [0.4, 0.5) is 4.79 Å². The second-order valence-corrected chi connectivity index (χ2v) is 7.18. The summed E-state index contributed by atoms with van der Waals surface area (Å²) in [5, 5.41) is 0. The molecule has 0 unspecified atom stereocenters. The van der Waals surface area contributed by atoms with E-state index < -0.39 is 5.60 Å². The van der Waals surface area contributed by atoms with Gasteiger partial charge in [-0.2, -0.15) is 0 Å². The molecule has 0 saturated heterocycles. The molecule has 0 N–H and O–H groups in total. The molecule has 1 aliphatic heterocycles. The van der Waals surface area contributed by atoms with Gasteiger partial charge in [0.25, 0.3) is 0 Å². The number of aromatic nitrogens is 1. The van der Waals surface area contributed by atoms with Gasteiger partial charge in [0.2, 0.25) is 0 Å².